The van der Waals surface area contributed by atoms with Crippen LogP contribution in [0.4, 0.5) is 5.69 Å². The summed E-state index contributed by atoms with van der Waals surface area (Å²) in [5.41, 5.74) is 2.08. The van der Waals surface area contributed by atoms with E-state index in [2.05, 4.69) is 5.32 Å². The van der Waals surface area contributed by atoms with E-state index in [4.69, 9.17) is 4.74 Å². The summed E-state index contributed by atoms with van der Waals surface area (Å²) < 4.78 is 5.87. The maximum atomic E-state index is 12.8. The quantitative estimate of drug-likeness (QED) is 0.853. The Morgan fingerprint density at radius 1 is 1.45 bits per heavy atom. The molecule has 4 nitrogen and oxygen atoms in total. The number of piperidine rings is 1. The van der Waals surface area contributed by atoms with Gasteiger partial charge in [-0.15, -0.1) is 0 Å². The molecule has 1 amide bonds. The number of rotatable bonds is 1. The molecule has 0 aromatic heterocycles. The summed E-state index contributed by atoms with van der Waals surface area (Å²) in [6.45, 7) is 6.53. The summed E-state index contributed by atoms with van der Waals surface area (Å²) in [4.78, 5) is 14.7. The van der Waals surface area contributed by atoms with Crippen LogP contribution in [0.3, 0.4) is 0 Å². The summed E-state index contributed by atoms with van der Waals surface area (Å²) >= 11 is 0. The Balaban J connectivity index is 1.88. The minimum Gasteiger partial charge on any atom is -0.487 e. The molecule has 2 aliphatic rings. The van der Waals surface area contributed by atoms with E-state index >= 15 is 0 Å². The Bertz CT molecular complexity index is 509. The van der Waals surface area contributed by atoms with E-state index < -0.39 is 0 Å². The number of nitrogens with one attached hydrogen (secondary N) is 1. The van der Waals surface area contributed by atoms with Crippen LogP contribution < -0.4 is 15.0 Å². The molecule has 0 bridgehead atoms. The molecule has 20 heavy (non-hydrogen) atoms. The molecular weight excluding hydrogens is 252 g/mol. The van der Waals surface area contributed by atoms with Crippen molar-refractivity contribution in [3.8, 4) is 5.75 Å². The van der Waals surface area contributed by atoms with Crippen molar-refractivity contribution in [2.45, 2.75) is 32.8 Å². The van der Waals surface area contributed by atoms with Crippen LogP contribution in [-0.4, -0.2) is 31.6 Å². The second-order valence-electron chi connectivity index (χ2n) is 5.89. The van der Waals surface area contributed by atoms with Crippen LogP contribution in [0, 0.1) is 12.8 Å². The van der Waals surface area contributed by atoms with Crippen LogP contribution in [0.2, 0.25) is 0 Å². The van der Waals surface area contributed by atoms with Crippen LogP contribution in [0.25, 0.3) is 0 Å². The van der Waals surface area contributed by atoms with Crippen molar-refractivity contribution in [2.24, 2.45) is 5.92 Å². The lowest BCUT2D eigenvalue weighted by Gasteiger charge is -2.36. The van der Waals surface area contributed by atoms with Crippen LogP contribution in [0.1, 0.15) is 25.3 Å². The zero-order valence-electron chi connectivity index (χ0n) is 12.2. The third kappa shape index (κ3) is 2.52. The van der Waals surface area contributed by atoms with Gasteiger partial charge in [0, 0.05) is 6.54 Å². The highest BCUT2D eigenvalue weighted by atomic mass is 16.5. The van der Waals surface area contributed by atoms with Crippen molar-refractivity contribution < 1.29 is 9.53 Å². The van der Waals surface area contributed by atoms with Crippen LogP contribution in [0.5, 0.6) is 5.75 Å². The van der Waals surface area contributed by atoms with E-state index in [-0.39, 0.29) is 17.9 Å². The molecule has 108 valence electrons. The summed E-state index contributed by atoms with van der Waals surface area (Å²) in [5, 5.41) is 3.32. The van der Waals surface area contributed by atoms with Gasteiger partial charge in [0.1, 0.15) is 11.9 Å². The third-order valence-electron chi connectivity index (χ3n) is 4.09. The Hall–Kier alpha value is -1.55. The van der Waals surface area contributed by atoms with Crippen molar-refractivity contribution in [2.75, 3.05) is 24.5 Å². The molecule has 1 N–H and O–H groups in total. The number of nitrogens with zero attached hydrogens (tertiary/aromatic N) is 1. The second-order valence-corrected chi connectivity index (χ2v) is 5.89. The lowest BCUT2D eigenvalue weighted by Crippen LogP contribution is -2.48. The Morgan fingerprint density at radius 3 is 3.05 bits per heavy atom. The summed E-state index contributed by atoms with van der Waals surface area (Å²) in [6, 6.07) is 6.06. The number of anilines is 1. The van der Waals surface area contributed by atoms with E-state index in [1.165, 1.54) is 0 Å². The van der Waals surface area contributed by atoms with Crippen LogP contribution >= 0.6 is 0 Å². The maximum absolute atomic E-state index is 12.8. The standard InChI is InChI=1S/C16H22N2O2/c1-11-5-6-14-15(8-11)20-12(2)10-18(14)16(19)13-4-3-7-17-9-13/h5-6,8,12-13,17H,3-4,7,9-10H2,1-2H3/t12-,13-/m1/s1. The molecule has 0 radical (unpaired) electrons. The fourth-order valence-electron chi connectivity index (χ4n) is 3.04. The summed E-state index contributed by atoms with van der Waals surface area (Å²) in [5.74, 6) is 1.17. The average molecular weight is 274 g/mol. The van der Waals surface area contributed by atoms with Crippen molar-refractivity contribution >= 4 is 11.6 Å². The van der Waals surface area contributed by atoms with Crippen molar-refractivity contribution in [1.82, 2.24) is 5.32 Å². The topological polar surface area (TPSA) is 41.6 Å². The Kier molecular flexibility index (Phi) is 3.66. The highest BCUT2D eigenvalue weighted by molar-refractivity contribution is 5.97. The molecular formula is C16H22N2O2. The monoisotopic (exact) mass is 274 g/mol. The van der Waals surface area contributed by atoms with Crippen LogP contribution in [0.15, 0.2) is 18.2 Å². The number of carbonyl (C=O) groups excluding carboxylic acids is 1. The fraction of sp³-hybridized carbons (Fsp3) is 0.562. The zero-order valence-corrected chi connectivity index (χ0v) is 12.2. The van der Waals surface area contributed by atoms with Gasteiger partial charge >= 0.3 is 0 Å². The minimum absolute atomic E-state index is 0.0461. The number of aryl methyl sites for hydroxylation is 1. The number of amides is 1. The maximum Gasteiger partial charge on any atom is 0.231 e. The normalized spacial score (nSPS) is 25.8. The first-order valence-electron chi connectivity index (χ1n) is 7.44. The van der Waals surface area contributed by atoms with Gasteiger partial charge in [-0.2, -0.15) is 0 Å². The van der Waals surface area contributed by atoms with E-state index in [0.717, 1.165) is 42.9 Å². The zero-order chi connectivity index (χ0) is 14.1. The number of hydrogen-bond acceptors (Lipinski definition) is 3. The third-order valence-corrected chi connectivity index (χ3v) is 4.09. The predicted octanol–water partition coefficient (Wildman–Crippen LogP) is 2.11. The van der Waals surface area contributed by atoms with Gasteiger partial charge in [0.25, 0.3) is 0 Å². The van der Waals surface area contributed by atoms with E-state index in [1.807, 2.05) is 36.9 Å². The van der Waals surface area contributed by atoms with Gasteiger partial charge in [-0.1, -0.05) is 6.07 Å². The van der Waals surface area contributed by atoms with Gasteiger partial charge in [0.05, 0.1) is 18.2 Å². The molecule has 0 unspecified atom stereocenters. The van der Waals surface area contributed by atoms with Gasteiger partial charge in [-0.05, 0) is 50.9 Å². The highest BCUT2D eigenvalue weighted by Gasteiger charge is 2.32. The van der Waals surface area contributed by atoms with Crippen molar-refractivity contribution in [1.29, 1.82) is 0 Å². The van der Waals surface area contributed by atoms with Gasteiger partial charge < -0.3 is 15.0 Å². The molecule has 3 rings (SSSR count). The molecule has 4 heteroatoms. The molecule has 1 aromatic carbocycles. The summed E-state index contributed by atoms with van der Waals surface area (Å²) in [6.07, 6.45) is 2.11. The van der Waals surface area contributed by atoms with Gasteiger partial charge in [0.15, 0.2) is 0 Å². The average Bonchev–Trinajstić information content (AvgIpc) is 2.46. The van der Waals surface area contributed by atoms with E-state index in [1.54, 1.807) is 0 Å². The largest absolute Gasteiger partial charge is 0.487 e. The molecule has 2 aliphatic heterocycles. The molecule has 2 heterocycles. The SMILES string of the molecule is Cc1ccc2c(c1)O[C@H](C)CN2C(=O)[C@@H]1CCCNC1. The number of ether oxygens (including phenoxy) is 1. The fourth-order valence-corrected chi connectivity index (χ4v) is 3.04. The molecule has 0 aliphatic carbocycles. The molecule has 2 atom stereocenters. The molecule has 1 aromatic rings. The van der Waals surface area contributed by atoms with Gasteiger partial charge in [0.2, 0.25) is 5.91 Å². The lowest BCUT2D eigenvalue weighted by atomic mass is 9.97. The molecule has 0 spiro atoms. The van der Waals surface area contributed by atoms with Gasteiger partial charge in [-0.3, -0.25) is 4.79 Å². The van der Waals surface area contributed by atoms with Gasteiger partial charge in [-0.25, -0.2) is 0 Å². The number of carbonyl (C=O) groups is 1. The molecule has 1 saturated heterocycles. The van der Waals surface area contributed by atoms with E-state index in [9.17, 15) is 4.79 Å². The Labute approximate surface area is 120 Å². The smallest absolute Gasteiger partial charge is 0.231 e. The van der Waals surface area contributed by atoms with Crippen LogP contribution in [-0.2, 0) is 4.79 Å². The minimum atomic E-state index is 0.0461. The van der Waals surface area contributed by atoms with E-state index in [0.29, 0.717) is 6.54 Å². The molecule has 1 fully saturated rings. The first-order chi connectivity index (χ1) is 9.65. The number of fused-ring (bicyclic) bond motifs is 1. The van der Waals surface area contributed by atoms with Crippen molar-refractivity contribution in [3.63, 3.8) is 0 Å². The highest BCUT2D eigenvalue weighted by Crippen LogP contribution is 2.35. The number of hydrogen-bond donors (Lipinski definition) is 1. The molecule has 0 saturated carbocycles. The second kappa shape index (κ2) is 5.44. The Morgan fingerprint density at radius 2 is 2.30 bits per heavy atom. The predicted molar refractivity (Wildman–Crippen MR) is 79.2 cm³/mol. The number of benzene rings is 1. The lowest BCUT2D eigenvalue weighted by molar-refractivity contribution is -0.123. The first kappa shape index (κ1) is 13.4. The summed E-state index contributed by atoms with van der Waals surface area (Å²) in [7, 11) is 0. The van der Waals surface area contributed by atoms with Crippen molar-refractivity contribution in [3.05, 3.63) is 23.8 Å². The first-order valence-corrected chi connectivity index (χ1v) is 7.44.